The number of ether oxygens (including phenoxy) is 1. The number of anilines is 3. The number of carbonyl (C=O) groups excluding carboxylic acids is 1. The number of rotatable bonds is 12. The molecule has 3 aromatic heterocycles. The summed E-state index contributed by atoms with van der Waals surface area (Å²) in [4.78, 5) is 45.2. The predicted molar refractivity (Wildman–Crippen MR) is 182 cm³/mol. The molecule has 4 aromatic rings. The number of amides is 1. The van der Waals surface area contributed by atoms with Crippen molar-refractivity contribution in [2.75, 3.05) is 37.8 Å². The molecule has 0 unspecified atom stereocenters. The molecule has 47 heavy (non-hydrogen) atoms. The molecule has 13 nitrogen and oxygen atoms in total. The van der Waals surface area contributed by atoms with E-state index < -0.39 is 4.92 Å². The van der Waals surface area contributed by atoms with E-state index in [1.165, 1.54) is 12.4 Å². The molecule has 0 radical (unpaired) electrons. The second-order valence-electron chi connectivity index (χ2n) is 11.2. The maximum atomic E-state index is 12.8. The number of hydrogen-bond acceptors (Lipinski definition) is 10. The molecule has 0 aliphatic carbocycles. The number of nitro groups is 1. The molecule has 1 aromatic carbocycles. The van der Waals surface area contributed by atoms with Gasteiger partial charge in [-0.1, -0.05) is 12.0 Å². The number of quaternary nitrogens is 1. The largest absolute Gasteiger partial charge is 0.486 e. The van der Waals surface area contributed by atoms with Gasteiger partial charge in [0.1, 0.15) is 36.9 Å². The Morgan fingerprint density at radius 2 is 2.02 bits per heavy atom. The first-order valence-electron chi connectivity index (χ1n) is 14.5. The van der Waals surface area contributed by atoms with Gasteiger partial charge in [-0.3, -0.25) is 9.78 Å². The summed E-state index contributed by atoms with van der Waals surface area (Å²) in [7, 11) is 3.86. The Labute approximate surface area is 279 Å². The number of aliphatic imine (C=N–C) groups is 1. The van der Waals surface area contributed by atoms with Gasteiger partial charge in [-0.15, -0.1) is 0 Å². The van der Waals surface area contributed by atoms with Crippen LogP contribution in [0.5, 0.6) is 5.75 Å². The second kappa shape index (κ2) is 14.7. The van der Waals surface area contributed by atoms with E-state index >= 15 is 0 Å². The van der Waals surface area contributed by atoms with Crippen molar-refractivity contribution in [1.82, 2.24) is 19.9 Å². The number of likely N-dealkylation sites (N-methyl/N-ethyl adjacent to an activating group) is 1. The molecule has 0 saturated heterocycles. The lowest BCUT2D eigenvalue weighted by molar-refractivity contribution is -0.880. The van der Waals surface area contributed by atoms with E-state index in [4.69, 9.17) is 4.74 Å². The molecule has 1 amide bonds. The molecule has 14 heteroatoms. The Morgan fingerprint density at radius 3 is 2.77 bits per heavy atom. The van der Waals surface area contributed by atoms with Crippen LogP contribution in [0.25, 0.3) is 10.9 Å². The molecule has 1 aliphatic heterocycles. The van der Waals surface area contributed by atoms with Crippen molar-refractivity contribution < 1.29 is 18.9 Å². The van der Waals surface area contributed by atoms with Gasteiger partial charge >= 0.3 is 5.82 Å². The van der Waals surface area contributed by atoms with E-state index in [9.17, 15) is 14.9 Å². The van der Waals surface area contributed by atoms with Crippen LogP contribution < -0.4 is 15.4 Å². The minimum absolute atomic E-state index is 0.147. The molecule has 0 spiro atoms. The van der Waals surface area contributed by atoms with Gasteiger partial charge in [-0.2, -0.15) is 0 Å². The van der Waals surface area contributed by atoms with E-state index in [0.29, 0.717) is 70.2 Å². The van der Waals surface area contributed by atoms with Crippen molar-refractivity contribution in [1.29, 1.82) is 0 Å². The van der Waals surface area contributed by atoms with E-state index in [-0.39, 0.29) is 11.7 Å². The monoisotopic (exact) mass is 696 g/mol. The lowest BCUT2D eigenvalue weighted by Crippen LogP contribution is -2.41. The van der Waals surface area contributed by atoms with E-state index in [1.54, 1.807) is 31.5 Å². The number of nitrogens with zero attached hydrogens (tertiary/aromatic N) is 7. The lowest BCUT2D eigenvalue weighted by Gasteiger charge is -2.28. The number of nitrogens with one attached hydrogen (secondary N) is 2. The fraction of sp³-hybridized carbons (Fsp3) is 0.212. The van der Waals surface area contributed by atoms with Gasteiger partial charge < -0.3 is 30.0 Å². The normalized spacial score (nSPS) is 12.9. The van der Waals surface area contributed by atoms with Gasteiger partial charge in [-0.25, -0.2) is 15.0 Å². The van der Waals surface area contributed by atoms with Crippen LogP contribution >= 0.6 is 15.9 Å². The molecule has 0 saturated carbocycles. The average Bonchev–Trinajstić information content (AvgIpc) is 3.43. The van der Waals surface area contributed by atoms with Crippen molar-refractivity contribution in [3.8, 4) is 17.6 Å². The number of benzene rings is 1. The number of carbonyl (C=O) groups is 1. The number of pyridine rings is 2. The van der Waals surface area contributed by atoms with Crippen molar-refractivity contribution in [2.24, 2.45) is 4.99 Å². The van der Waals surface area contributed by atoms with Crippen LogP contribution in [-0.2, 0) is 11.4 Å². The quantitative estimate of drug-likeness (QED) is 0.0648. The third-order valence-electron chi connectivity index (χ3n) is 6.94. The fourth-order valence-corrected chi connectivity index (χ4v) is 5.32. The van der Waals surface area contributed by atoms with Crippen molar-refractivity contribution in [3.63, 3.8) is 0 Å². The zero-order chi connectivity index (χ0) is 33.4. The third kappa shape index (κ3) is 8.81. The van der Waals surface area contributed by atoms with E-state index in [2.05, 4.69) is 63.3 Å². The fourth-order valence-electron chi connectivity index (χ4n) is 4.83. The molecular weight excluding hydrogens is 666 g/mol. The third-order valence-corrected chi connectivity index (χ3v) is 7.56. The van der Waals surface area contributed by atoms with Gasteiger partial charge in [0.15, 0.2) is 0 Å². The highest BCUT2D eigenvalue weighted by molar-refractivity contribution is 9.10. The zero-order valence-corrected chi connectivity index (χ0v) is 27.5. The number of aromatic nitrogens is 4. The van der Waals surface area contributed by atoms with Crippen LogP contribution in [0.2, 0.25) is 0 Å². The van der Waals surface area contributed by atoms with Crippen molar-refractivity contribution in [3.05, 3.63) is 105 Å². The van der Waals surface area contributed by atoms with Crippen LogP contribution in [-0.4, -0.2) is 68.1 Å². The van der Waals surface area contributed by atoms with Gasteiger partial charge in [0.2, 0.25) is 11.6 Å². The van der Waals surface area contributed by atoms with Crippen LogP contribution in [0.15, 0.2) is 94.2 Å². The SMILES string of the molecule is CC#CC1=NC([N+](=O)[O-])=C(C[N+](C)(C)C/C=C/C(=O)Nc2cc3c(Nc4ccc(OCc5ccccn5)c(Br)c4)ncnc3cn2)C1. The predicted octanol–water partition coefficient (Wildman–Crippen LogP) is 5.43. The van der Waals surface area contributed by atoms with Gasteiger partial charge in [0.25, 0.3) is 0 Å². The van der Waals surface area contributed by atoms with E-state index in [0.717, 1.165) is 15.9 Å². The number of halogens is 1. The molecule has 2 N–H and O–H groups in total. The summed E-state index contributed by atoms with van der Waals surface area (Å²) in [6, 6.07) is 13.0. The highest BCUT2D eigenvalue weighted by atomic mass is 79.9. The summed E-state index contributed by atoms with van der Waals surface area (Å²) in [5.74, 6) is 6.57. The Hall–Kier alpha value is -5.52. The van der Waals surface area contributed by atoms with Crippen molar-refractivity contribution in [2.45, 2.75) is 20.0 Å². The van der Waals surface area contributed by atoms with Crippen molar-refractivity contribution >= 4 is 55.8 Å². The van der Waals surface area contributed by atoms with Gasteiger partial charge in [0.05, 0.1) is 54.5 Å². The highest BCUT2D eigenvalue weighted by Gasteiger charge is 2.32. The summed E-state index contributed by atoms with van der Waals surface area (Å²) in [5, 5.41) is 18.2. The molecule has 0 fully saturated rings. The Balaban J connectivity index is 1.21. The van der Waals surface area contributed by atoms with Gasteiger partial charge in [0, 0.05) is 23.3 Å². The molecule has 0 bridgehead atoms. The average molecular weight is 698 g/mol. The minimum atomic E-state index is -0.471. The van der Waals surface area contributed by atoms with Crippen LogP contribution in [0.1, 0.15) is 19.0 Å². The van der Waals surface area contributed by atoms with Crippen LogP contribution in [0, 0.1) is 22.0 Å². The molecule has 1 aliphatic rings. The Bertz CT molecular complexity index is 1980. The first-order valence-corrected chi connectivity index (χ1v) is 15.3. The van der Waals surface area contributed by atoms with E-state index in [1.807, 2.05) is 50.5 Å². The summed E-state index contributed by atoms with van der Waals surface area (Å²) < 4.78 is 7.03. The summed E-state index contributed by atoms with van der Waals surface area (Å²) in [6.07, 6.45) is 8.22. The molecule has 5 rings (SSSR count). The Morgan fingerprint density at radius 1 is 1.17 bits per heavy atom. The zero-order valence-electron chi connectivity index (χ0n) is 25.9. The molecular formula is C33H31BrN9O4+. The minimum Gasteiger partial charge on any atom is -0.486 e. The summed E-state index contributed by atoms with van der Waals surface area (Å²) >= 11 is 3.57. The number of hydrogen-bond donors (Lipinski definition) is 2. The first kappa shape index (κ1) is 32.9. The number of fused-ring (bicyclic) bond motifs is 1. The maximum Gasteiger partial charge on any atom is 0.369 e. The summed E-state index contributed by atoms with van der Waals surface area (Å²) in [6.45, 7) is 2.85. The topological polar surface area (TPSA) is 157 Å². The molecule has 4 heterocycles. The van der Waals surface area contributed by atoms with Gasteiger partial charge in [-0.05, 0) is 81.2 Å². The smallest absolute Gasteiger partial charge is 0.369 e. The second-order valence-corrected chi connectivity index (χ2v) is 12.0. The lowest BCUT2D eigenvalue weighted by atomic mass is 10.1. The summed E-state index contributed by atoms with van der Waals surface area (Å²) in [5.41, 5.74) is 3.27. The first-order chi connectivity index (χ1) is 22.6. The maximum absolute atomic E-state index is 12.8. The van der Waals surface area contributed by atoms with Crippen LogP contribution in [0.3, 0.4) is 0 Å². The van der Waals surface area contributed by atoms with Crippen LogP contribution in [0.4, 0.5) is 17.3 Å². The highest BCUT2D eigenvalue weighted by Crippen LogP contribution is 2.31. The molecule has 0 atom stereocenters. The molecule has 238 valence electrons. The standard InChI is InChI=1S/C33H30BrN9O4/c1-4-8-23-15-22(33(40-23)42(45)46)19-43(2,3)14-7-10-31(44)41-30-17-26-28(18-36-30)37-21-38-32(26)39-24-11-12-29(27(34)16-24)47-20-25-9-5-6-13-35-25/h5-7,9-13,16-18,21H,14-15,19-20H2,1-3H3,(H-,36,37,38,39,41,44)/p+1/b10-7+. The Kier molecular flexibility index (Phi) is 10.3.